The van der Waals surface area contributed by atoms with E-state index in [-0.39, 0.29) is 5.88 Å². The smallest absolute Gasteiger partial charge is 0.222 e. The van der Waals surface area contributed by atoms with Crippen LogP contribution in [0.15, 0.2) is 30.6 Å². The van der Waals surface area contributed by atoms with Gasteiger partial charge in [0, 0.05) is 12.6 Å². The third kappa shape index (κ3) is 2.31. The molecule has 2 rings (SSSR count). The minimum Gasteiger partial charge on any atom is -0.436 e. The first-order valence-corrected chi connectivity index (χ1v) is 4.61. The van der Waals surface area contributed by atoms with Gasteiger partial charge in [-0.3, -0.25) is 4.68 Å². The second-order valence-electron chi connectivity index (χ2n) is 2.93. The molecule has 2 aromatic rings. The molecule has 4 nitrogen and oxygen atoms in total. The Hall–Kier alpha value is -1.91. The number of aromatic nitrogens is 3. The van der Waals surface area contributed by atoms with Crippen molar-refractivity contribution in [1.29, 1.82) is 0 Å². The summed E-state index contributed by atoms with van der Waals surface area (Å²) in [4.78, 5) is 3.58. The summed E-state index contributed by atoms with van der Waals surface area (Å²) in [6.45, 7) is 2.73. The second kappa shape index (κ2) is 4.08. The molecule has 0 aliphatic heterocycles. The van der Waals surface area contributed by atoms with Gasteiger partial charge in [0.1, 0.15) is 0 Å². The summed E-state index contributed by atoms with van der Waals surface area (Å²) in [7, 11) is 0. The molecule has 2 aromatic heterocycles. The largest absolute Gasteiger partial charge is 0.436 e. The van der Waals surface area contributed by atoms with Crippen LogP contribution >= 0.6 is 0 Å². The van der Waals surface area contributed by atoms with Crippen LogP contribution in [-0.4, -0.2) is 14.8 Å². The van der Waals surface area contributed by atoms with E-state index in [9.17, 15) is 4.39 Å². The Balaban J connectivity index is 2.14. The lowest BCUT2D eigenvalue weighted by atomic mass is 10.5. The fraction of sp³-hybridized carbons (Fsp3) is 0.200. The highest BCUT2D eigenvalue weighted by molar-refractivity contribution is 5.21. The maximum atomic E-state index is 12.7. The van der Waals surface area contributed by atoms with Gasteiger partial charge < -0.3 is 4.74 Å². The second-order valence-corrected chi connectivity index (χ2v) is 2.93. The van der Waals surface area contributed by atoms with Gasteiger partial charge in [0.25, 0.3) is 0 Å². The predicted octanol–water partition coefficient (Wildman–Crippen LogP) is 2.23. The van der Waals surface area contributed by atoms with Gasteiger partial charge in [-0.2, -0.15) is 14.5 Å². The van der Waals surface area contributed by atoms with Crippen molar-refractivity contribution in [1.82, 2.24) is 14.8 Å². The quantitative estimate of drug-likeness (QED) is 0.724. The van der Waals surface area contributed by atoms with E-state index in [4.69, 9.17) is 4.74 Å². The number of ether oxygens (including phenoxy) is 1. The molecule has 0 bridgehead atoms. The van der Waals surface area contributed by atoms with E-state index in [0.29, 0.717) is 5.75 Å². The highest BCUT2D eigenvalue weighted by atomic mass is 19.1. The van der Waals surface area contributed by atoms with Crippen LogP contribution in [-0.2, 0) is 6.54 Å². The van der Waals surface area contributed by atoms with Gasteiger partial charge in [0.2, 0.25) is 11.8 Å². The van der Waals surface area contributed by atoms with Gasteiger partial charge in [-0.15, -0.1) is 0 Å². The molecular formula is C10H10FN3O. The first-order chi connectivity index (χ1) is 7.28. The van der Waals surface area contributed by atoms with Crippen LogP contribution in [0.1, 0.15) is 6.92 Å². The fourth-order valence-electron chi connectivity index (χ4n) is 1.14. The number of rotatable bonds is 3. The first kappa shape index (κ1) is 9.64. The molecule has 0 amide bonds. The fourth-order valence-corrected chi connectivity index (χ4v) is 1.14. The molecule has 2 heterocycles. The van der Waals surface area contributed by atoms with Gasteiger partial charge in [0.15, 0.2) is 5.75 Å². The van der Waals surface area contributed by atoms with Crippen molar-refractivity contribution in [3.63, 3.8) is 0 Å². The van der Waals surface area contributed by atoms with Crippen molar-refractivity contribution in [2.75, 3.05) is 0 Å². The van der Waals surface area contributed by atoms with E-state index in [1.165, 1.54) is 6.07 Å². The van der Waals surface area contributed by atoms with Gasteiger partial charge in [-0.1, -0.05) is 6.07 Å². The molecule has 0 unspecified atom stereocenters. The Labute approximate surface area is 86.3 Å². The van der Waals surface area contributed by atoms with E-state index in [1.807, 2.05) is 6.92 Å². The molecule has 78 valence electrons. The molecule has 0 saturated heterocycles. The number of hydrogen-bond acceptors (Lipinski definition) is 3. The molecule has 0 saturated carbocycles. The summed E-state index contributed by atoms with van der Waals surface area (Å²) in [6.07, 6.45) is 3.29. The number of aryl methyl sites for hydroxylation is 1. The summed E-state index contributed by atoms with van der Waals surface area (Å²) in [5.74, 6) is 0.219. The van der Waals surface area contributed by atoms with E-state index in [0.717, 1.165) is 6.54 Å². The number of pyridine rings is 1. The van der Waals surface area contributed by atoms with Crippen LogP contribution in [0.25, 0.3) is 0 Å². The molecular weight excluding hydrogens is 197 g/mol. The minimum absolute atomic E-state index is 0.227. The van der Waals surface area contributed by atoms with Crippen molar-refractivity contribution < 1.29 is 9.13 Å². The van der Waals surface area contributed by atoms with Crippen LogP contribution in [0.3, 0.4) is 0 Å². The van der Waals surface area contributed by atoms with E-state index in [2.05, 4.69) is 10.1 Å². The van der Waals surface area contributed by atoms with Crippen LogP contribution < -0.4 is 4.74 Å². The first-order valence-electron chi connectivity index (χ1n) is 4.61. The minimum atomic E-state index is -0.560. The van der Waals surface area contributed by atoms with Gasteiger partial charge in [-0.25, -0.2) is 0 Å². The third-order valence-electron chi connectivity index (χ3n) is 1.85. The standard InChI is InChI=1S/C10H10FN3O/c1-2-14-7-8(6-12-14)15-10-5-3-4-9(11)13-10/h3-7H,2H2,1H3. The third-order valence-corrected chi connectivity index (χ3v) is 1.85. The molecule has 0 N–H and O–H groups in total. The molecule has 0 aliphatic rings. The summed E-state index contributed by atoms with van der Waals surface area (Å²) in [6, 6.07) is 4.40. The molecule has 0 radical (unpaired) electrons. The maximum Gasteiger partial charge on any atom is 0.222 e. The molecule has 5 heteroatoms. The number of hydrogen-bond donors (Lipinski definition) is 0. The Kier molecular flexibility index (Phi) is 2.62. The molecule has 0 atom stereocenters. The Bertz CT molecular complexity index is 455. The van der Waals surface area contributed by atoms with Crippen molar-refractivity contribution in [3.05, 3.63) is 36.5 Å². The van der Waals surface area contributed by atoms with Gasteiger partial charge in [-0.05, 0) is 13.0 Å². The Morgan fingerprint density at radius 3 is 3.00 bits per heavy atom. The van der Waals surface area contributed by atoms with Crippen molar-refractivity contribution >= 4 is 0 Å². The molecule has 0 aromatic carbocycles. The predicted molar refractivity (Wildman–Crippen MR) is 52.2 cm³/mol. The van der Waals surface area contributed by atoms with Crippen LogP contribution in [0.2, 0.25) is 0 Å². The normalized spacial score (nSPS) is 10.3. The molecule has 0 fully saturated rings. The average Bonchev–Trinajstić information content (AvgIpc) is 2.65. The van der Waals surface area contributed by atoms with Crippen LogP contribution in [0, 0.1) is 5.95 Å². The van der Waals surface area contributed by atoms with Crippen molar-refractivity contribution in [2.45, 2.75) is 13.5 Å². The number of nitrogens with zero attached hydrogens (tertiary/aromatic N) is 3. The lowest BCUT2D eigenvalue weighted by Crippen LogP contribution is -1.92. The summed E-state index contributed by atoms with van der Waals surface area (Å²) in [5, 5.41) is 4.02. The number of halogens is 1. The van der Waals surface area contributed by atoms with Crippen LogP contribution in [0.4, 0.5) is 4.39 Å². The lowest BCUT2D eigenvalue weighted by molar-refractivity contribution is 0.444. The summed E-state index contributed by atoms with van der Waals surface area (Å²) < 4.78 is 19.8. The molecule has 15 heavy (non-hydrogen) atoms. The average molecular weight is 207 g/mol. The van der Waals surface area contributed by atoms with Gasteiger partial charge >= 0.3 is 0 Å². The van der Waals surface area contributed by atoms with Crippen LogP contribution in [0.5, 0.6) is 11.6 Å². The summed E-state index contributed by atoms with van der Waals surface area (Å²) >= 11 is 0. The lowest BCUT2D eigenvalue weighted by Gasteiger charge is -2.00. The van der Waals surface area contributed by atoms with Crippen molar-refractivity contribution in [2.24, 2.45) is 0 Å². The topological polar surface area (TPSA) is 39.9 Å². The maximum absolute atomic E-state index is 12.7. The summed E-state index contributed by atoms with van der Waals surface area (Å²) in [5.41, 5.74) is 0. The highest BCUT2D eigenvalue weighted by Gasteiger charge is 2.02. The SMILES string of the molecule is CCn1cc(Oc2cccc(F)n2)cn1. The Morgan fingerprint density at radius 2 is 2.33 bits per heavy atom. The van der Waals surface area contributed by atoms with E-state index >= 15 is 0 Å². The molecule has 0 spiro atoms. The zero-order chi connectivity index (χ0) is 10.7. The highest BCUT2D eigenvalue weighted by Crippen LogP contribution is 2.17. The van der Waals surface area contributed by atoms with E-state index < -0.39 is 5.95 Å². The molecule has 0 aliphatic carbocycles. The zero-order valence-electron chi connectivity index (χ0n) is 8.22. The van der Waals surface area contributed by atoms with Gasteiger partial charge in [0.05, 0.1) is 12.4 Å². The van der Waals surface area contributed by atoms with E-state index in [1.54, 1.807) is 29.2 Å². The zero-order valence-corrected chi connectivity index (χ0v) is 8.22. The van der Waals surface area contributed by atoms with Crippen molar-refractivity contribution in [3.8, 4) is 11.6 Å². The monoisotopic (exact) mass is 207 g/mol. The Morgan fingerprint density at radius 1 is 1.47 bits per heavy atom.